The van der Waals surface area contributed by atoms with Crippen LogP contribution in [0, 0.1) is 18.3 Å². The Balaban J connectivity index is 0.833. The number of carbonyl (C=O) groups excluding carboxylic acids is 4. The van der Waals surface area contributed by atoms with Crippen LogP contribution in [0.2, 0.25) is 0 Å². The number of rotatable bonds is 13. The van der Waals surface area contributed by atoms with E-state index in [2.05, 4.69) is 41.4 Å². The minimum absolute atomic E-state index is 0.0144. The third-order valence-electron chi connectivity index (χ3n) is 11.3. The molecule has 1 aliphatic heterocycles. The van der Waals surface area contributed by atoms with Crippen LogP contribution in [0.3, 0.4) is 0 Å². The number of aliphatic hydroxyl groups excluding tert-OH is 1. The number of nitrogens with zero attached hydrogens (tertiary/aromatic N) is 6. The number of nitrogens with one attached hydrogen (secondary N) is 4. The first-order valence-corrected chi connectivity index (χ1v) is 21.1. The topological polar surface area (TPSA) is 209 Å². The van der Waals surface area contributed by atoms with Gasteiger partial charge >= 0.3 is 0 Å². The van der Waals surface area contributed by atoms with Crippen LogP contribution in [0.4, 0.5) is 5.95 Å². The molecule has 1 saturated carbocycles. The minimum Gasteiger partial charge on any atom is -0.467 e. The standard InChI is InChI=1S/C44H48N10O6S/c1-25-36(61-24-48-25)28-9-7-26(8-10-28)19-45-41(58)35-18-32(55)22-53(35)42(59)37(44(2,3)4)51-40(57)30-16-31(17-30)50-39(56)29-13-11-27(12-14-29)34-21-47-43(54-23-49-52-38(34)54)46-20-33-6-5-15-60-33/h5-15,21,23-24,30-32,35,37,55H,16-20,22H2,1-4H3,(H,45,58)(H,46,47)(H,50,56)(H,51,57)/t30?,31?,32-,35+,37-/m1/s1. The first kappa shape index (κ1) is 41.3. The highest BCUT2D eigenvalue weighted by Gasteiger charge is 2.46. The number of β-amino-alcohol motifs (C(OH)–C–C–N with tert-alkyl or cyclic N) is 1. The molecule has 0 radical (unpaired) electrons. The van der Waals surface area contributed by atoms with Crippen LogP contribution >= 0.6 is 11.3 Å². The molecule has 0 spiro atoms. The van der Waals surface area contributed by atoms with Crippen molar-refractivity contribution >= 4 is 46.6 Å². The lowest BCUT2D eigenvalue weighted by atomic mass is 9.78. The van der Waals surface area contributed by atoms with Crippen LogP contribution in [0.15, 0.2) is 89.4 Å². The molecule has 1 saturated heterocycles. The lowest BCUT2D eigenvalue weighted by molar-refractivity contribution is -0.145. The van der Waals surface area contributed by atoms with E-state index in [-0.39, 0.29) is 43.3 Å². The van der Waals surface area contributed by atoms with Crippen molar-refractivity contribution in [2.75, 3.05) is 11.9 Å². The molecule has 2 aromatic carbocycles. The molecule has 3 atom stereocenters. The number of benzene rings is 2. The number of thiazole rings is 1. The fourth-order valence-electron chi connectivity index (χ4n) is 7.79. The summed E-state index contributed by atoms with van der Waals surface area (Å²) in [5, 5.41) is 31.1. The van der Waals surface area contributed by atoms with E-state index in [0.29, 0.717) is 36.5 Å². The van der Waals surface area contributed by atoms with Crippen molar-refractivity contribution in [1.82, 2.24) is 45.4 Å². The zero-order chi connectivity index (χ0) is 42.8. The zero-order valence-corrected chi connectivity index (χ0v) is 35.1. The summed E-state index contributed by atoms with van der Waals surface area (Å²) in [5.41, 5.74) is 6.63. The molecule has 0 bridgehead atoms. The van der Waals surface area contributed by atoms with Gasteiger partial charge in [0.2, 0.25) is 23.7 Å². The normalized spacial score (nSPS) is 19.3. The number of anilines is 1. The van der Waals surface area contributed by atoms with Crippen LogP contribution in [-0.4, -0.2) is 89.0 Å². The Morgan fingerprint density at radius 2 is 1.70 bits per heavy atom. The molecule has 8 rings (SSSR count). The third-order valence-corrected chi connectivity index (χ3v) is 12.3. The quantitative estimate of drug-likeness (QED) is 0.107. The maximum absolute atomic E-state index is 14.1. The summed E-state index contributed by atoms with van der Waals surface area (Å²) in [4.78, 5) is 65.8. The number of aryl methyl sites for hydroxylation is 1. The molecule has 6 aromatic rings. The SMILES string of the molecule is Cc1ncsc1-c1ccc(CNC(=O)[C@@H]2C[C@@H](O)CN2C(=O)[C@@H](NC(=O)C2CC(NC(=O)c3ccc(-c4cnc(NCc5ccco5)n5cnnc45)cc3)C2)C(C)(C)C)cc1. The summed E-state index contributed by atoms with van der Waals surface area (Å²) in [6.45, 7) is 8.21. The van der Waals surface area contributed by atoms with Gasteiger partial charge in [0.15, 0.2) is 5.65 Å². The smallest absolute Gasteiger partial charge is 0.251 e. The number of carbonyl (C=O) groups is 4. The Morgan fingerprint density at radius 1 is 0.951 bits per heavy atom. The summed E-state index contributed by atoms with van der Waals surface area (Å²) in [7, 11) is 0. The highest BCUT2D eigenvalue weighted by molar-refractivity contribution is 7.13. The average Bonchev–Trinajstić information content (AvgIpc) is 4.07. The number of aromatic nitrogens is 5. The molecule has 2 aliphatic rings. The van der Waals surface area contributed by atoms with Crippen molar-refractivity contribution < 1.29 is 28.7 Å². The predicted molar refractivity (Wildman–Crippen MR) is 228 cm³/mol. The summed E-state index contributed by atoms with van der Waals surface area (Å²) >= 11 is 1.57. The van der Waals surface area contributed by atoms with E-state index in [1.807, 2.05) is 81.7 Å². The Labute approximate surface area is 356 Å². The summed E-state index contributed by atoms with van der Waals surface area (Å²) in [6.07, 6.45) is 4.94. The van der Waals surface area contributed by atoms with Crippen molar-refractivity contribution in [1.29, 1.82) is 0 Å². The van der Waals surface area contributed by atoms with E-state index in [0.717, 1.165) is 38.6 Å². The molecule has 2 fully saturated rings. The molecular formula is C44H48N10O6S. The molecule has 16 nitrogen and oxygen atoms in total. The first-order valence-electron chi connectivity index (χ1n) is 20.2. The number of fused-ring (bicyclic) bond motifs is 1. The van der Waals surface area contributed by atoms with E-state index in [9.17, 15) is 24.3 Å². The van der Waals surface area contributed by atoms with Gasteiger partial charge < -0.3 is 35.7 Å². The third kappa shape index (κ3) is 9.02. The number of furan rings is 1. The van der Waals surface area contributed by atoms with Gasteiger partial charge in [-0.25, -0.2) is 9.97 Å². The monoisotopic (exact) mass is 844 g/mol. The average molecular weight is 845 g/mol. The van der Waals surface area contributed by atoms with Gasteiger partial charge in [-0.2, -0.15) is 0 Å². The molecule has 1 aliphatic carbocycles. The lowest BCUT2D eigenvalue weighted by Crippen LogP contribution is -2.60. The van der Waals surface area contributed by atoms with Crippen molar-refractivity contribution in [2.45, 2.75) is 84.3 Å². The second-order valence-corrected chi connectivity index (χ2v) is 17.6. The highest BCUT2D eigenvalue weighted by Crippen LogP contribution is 2.32. The second-order valence-electron chi connectivity index (χ2n) is 16.8. The van der Waals surface area contributed by atoms with E-state index in [1.54, 1.807) is 46.7 Å². The lowest BCUT2D eigenvalue weighted by Gasteiger charge is -2.39. The number of hydrogen-bond acceptors (Lipinski definition) is 12. The van der Waals surface area contributed by atoms with E-state index >= 15 is 0 Å². The molecule has 61 heavy (non-hydrogen) atoms. The van der Waals surface area contributed by atoms with Crippen LogP contribution in [-0.2, 0) is 27.5 Å². The van der Waals surface area contributed by atoms with Gasteiger partial charge in [0.05, 0.1) is 35.0 Å². The largest absolute Gasteiger partial charge is 0.467 e. The van der Waals surface area contributed by atoms with Crippen molar-refractivity contribution in [2.24, 2.45) is 11.3 Å². The minimum atomic E-state index is -0.945. The molecular weight excluding hydrogens is 797 g/mol. The molecule has 4 aromatic heterocycles. The summed E-state index contributed by atoms with van der Waals surface area (Å²) < 4.78 is 7.15. The van der Waals surface area contributed by atoms with Gasteiger partial charge in [0, 0.05) is 48.8 Å². The Morgan fingerprint density at radius 3 is 2.39 bits per heavy atom. The first-order chi connectivity index (χ1) is 29.3. The Bertz CT molecular complexity index is 2520. The Kier molecular flexibility index (Phi) is 11.7. The summed E-state index contributed by atoms with van der Waals surface area (Å²) in [6, 6.07) is 16.6. The number of hydrogen-bond donors (Lipinski definition) is 5. The van der Waals surface area contributed by atoms with Crippen LogP contribution in [0.25, 0.3) is 27.2 Å². The number of aliphatic hydroxyl groups is 1. The van der Waals surface area contributed by atoms with Gasteiger partial charge in [-0.05, 0) is 66.1 Å². The van der Waals surface area contributed by atoms with Gasteiger partial charge in [0.25, 0.3) is 5.91 Å². The molecule has 5 N–H and O–H groups in total. The van der Waals surface area contributed by atoms with Gasteiger partial charge in [-0.3, -0.25) is 23.6 Å². The molecule has 4 amide bonds. The van der Waals surface area contributed by atoms with Gasteiger partial charge in [-0.1, -0.05) is 57.2 Å². The fourth-order valence-corrected chi connectivity index (χ4v) is 8.60. The second kappa shape index (κ2) is 17.3. The number of likely N-dealkylation sites (tertiary alicyclic amines) is 1. The molecule has 5 heterocycles. The van der Waals surface area contributed by atoms with Crippen LogP contribution < -0.4 is 21.3 Å². The van der Waals surface area contributed by atoms with Crippen molar-refractivity contribution in [3.63, 3.8) is 0 Å². The van der Waals surface area contributed by atoms with Gasteiger partial charge in [-0.15, -0.1) is 21.5 Å². The van der Waals surface area contributed by atoms with E-state index < -0.39 is 35.4 Å². The molecule has 0 unspecified atom stereocenters. The van der Waals surface area contributed by atoms with E-state index in [4.69, 9.17) is 4.42 Å². The van der Waals surface area contributed by atoms with Crippen LogP contribution in [0.1, 0.15) is 67.4 Å². The van der Waals surface area contributed by atoms with E-state index in [1.165, 1.54) is 4.90 Å². The highest BCUT2D eigenvalue weighted by atomic mass is 32.1. The maximum atomic E-state index is 14.1. The predicted octanol–water partition coefficient (Wildman–Crippen LogP) is 4.75. The Hall–Kier alpha value is -6.46. The summed E-state index contributed by atoms with van der Waals surface area (Å²) in [5.74, 6) is -0.439. The van der Waals surface area contributed by atoms with Gasteiger partial charge in [0.1, 0.15) is 24.2 Å². The van der Waals surface area contributed by atoms with Crippen molar-refractivity contribution in [3.05, 3.63) is 108 Å². The molecule has 316 valence electrons. The van der Waals surface area contributed by atoms with Crippen LogP contribution in [0.5, 0.6) is 0 Å². The maximum Gasteiger partial charge on any atom is 0.251 e. The zero-order valence-electron chi connectivity index (χ0n) is 34.3. The number of amides is 4. The molecule has 17 heteroatoms. The van der Waals surface area contributed by atoms with Crippen molar-refractivity contribution in [3.8, 4) is 21.6 Å². The fraction of sp³-hybridized carbons (Fsp3) is 0.364.